The van der Waals surface area contributed by atoms with Gasteiger partial charge in [-0.25, -0.2) is 0 Å². The first-order valence-corrected chi connectivity index (χ1v) is 10.6. The Bertz CT molecular complexity index is 907. The van der Waals surface area contributed by atoms with Crippen LogP contribution >= 0.6 is 0 Å². The van der Waals surface area contributed by atoms with E-state index in [1.165, 1.54) is 0 Å². The minimum Gasteiger partial charge on any atom is -0.490 e. The fraction of sp³-hybridized carbons (Fsp3) is 0.417. The number of piperazine rings is 1. The third kappa shape index (κ3) is 5.90. The second-order valence-electron chi connectivity index (χ2n) is 7.42. The molecule has 1 aliphatic heterocycles. The summed E-state index contributed by atoms with van der Waals surface area (Å²) in [6, 6.07) is 13.1. The Morgan fingerprint density at radius 2 is 1.23 bits per heavy atom. The normalized spacial score (nSPS) is 13.6. The molecule has 1 fully saturated rings. The van der Waals surface area contributed by atoms with Crippen LogP contribution in [0.3, 0.4) is 0 Å². The zero-order valence-electron chi connectivity index (χ0n) is 18.4. The maximum Gasteiger partial charge on any atom is 0.260 e. The summed E-state index contributed by atoms with van der Waals surface area (Å²) in [5, 5.41) is 0. The maximum absolute atomic E-state index is 12.5. The molecule has 2 amide bonds. The molecule has 0 bridgehead atoms. The van der Waals surface area contributed by atoms with E-state index in [-0.39, 0.29) is 25.0 Å². The SMILES string of the molecule is CCOc1ccccc1OCC(=O)N1CCN(C(=O)COc2cccc(C)c2C)CC1. The summed E-state index contributed by atoms with van der Waals surface area (Å²) in [6.45, 7) is 8.27. The number of aryl methyl sites for hydroxylation is 1. The molecule has 166 valence electrons. The Hall–Kier alpha value is -3.22. The van der Waals surface area contributed by atoms with Crippen LogP contribution in [0.1, 0.15) is 18.1 Å². The highest BCUT2D eigenvalue weighted by Crippen LogP contribution is 2.26. The summed E-state index contributed by atoms with van der Waals surface area (Å²) in [4.78, 5) is 28.5. The Kier molecular flexibility index (Phi) is 7.76. The summed E-state index contributed by atoms with van der Waals surface area (Å²) in [6.07, 6.45) is 0. The van der Waals surface area contributed by atoms with Gasteiger partial charge in [-0.15, -0.1) is 0 Å². The average molecular weight is 427 g/mol. The van der Waals surface area contributed by atoms with Crippen molar-refractivity contribution in [2.24, 2.45) is 0 Å². The Balaban J connectivity index is 1.44. The Morgan fingerprint density at radius 1 is 0.742 bits per heavy atom. The minimum absolute atomic E-state index is 0.00440. The molecule has 7 nitrogen and oxygen atoms in total. The maximum atomic E-state index is 12.5. The zero-order valence-corrected chi connectivity index (χ0v) is 18.4. The van der Waals surface area contributed by atoms with Crippen LogP contribution in [-0.4, -0.2) is 67.6 Å². The highest BCUT2D eigenvalue weighted by molar-refractivity contribution is 5.80. The first-order valence-electron chi connectivity index (χ1n) is 10.6. The number of ether oxygens (including phenoxy) is 3. The van der Waals surface area contributed by atoms with Gasteiger partial charge in [0.2, 0.25) is 0 Å². The number of rotatable bonds is 8. The van der Waals surface area contributed by atoms with E-state index < -0.39 is 0 Å². The van der Waals surface area contributed by atoms with Gasteiger partial charge in [0, 0.05) is 26.2 Å². The van der Waals surface area contributed by atoms with Crippen LogP contribution < -0.4 is 14.2 Å². The zero-order chi connectivity index (χ0) is 22.2. The standard InChI is InChI=1S/C24H30N2O5/c1-4-29-21-9-5-6-10-22(21)31-17-24(28)26-14-12-25(13-15-26)23(27)16-30-20-11-7-8-18(2)19(20)3/h5-11H,4,12-17H2,1-3H3. The van der Waals surface area contributed by atoms with E-state index in [1.807, 2.05) is 57.2 Å². The van der Waals surface area contributed by atoms with E-state index >= 15 is 0 Å². The number of para-hydroxylation sites is 2. The van der Waals surface area contributed by atoms with Crippen molar-refractivity contribution in [1.82, 2.24) is 9.80 Å². The number of benzene rings is 2. The van der Waals surface area contributed by atoms with Crippen molar-refractivity contribution in [3.05, 3.63) is 53.6 Å². The fourth-order valence-corrected chi connectivity index (χ4v) is 3.39. The molecule has 1 saturated heterocycles. The predicted octanol–water partition coefficient (Wildman–Crippen LogP) is 2.83. The van der Waals surface area contributed by atoms with E-state index in [4.69, 9.17) is 14.2 Å². The van der Waals surface area contributed by atoms with Gasteiger partial charge in [0.25, 0.3) is 11.8 Å². The topological polar surface area (TPSA) is 68.3 Å². The van der Waals surface area contributed by atoms with Crippen LogP contribution in [0.2, 0.25) is 0 Å². The molecule has 0 aliphatic carbocycles. The summed E-state index contributed by atoms with van der Waals surface area (Å²) >= 11 is 0. The lowest BCUT2D eigenvalue weighted by Gasteiger charge is -2.34. The largest absolute Gasteiger partial charge is 0.490 e. The van der Waals surface area contributed by atoms with E-state index in [9.17, 15) is 9.59 Å². The smallest absolute Gasteiger partial charge is 0.260 e. The summed E-state index contributed by atoms with van der Waals surface area (Å²) in [5.41, 5.74) is 2.17. The molecule has 2 aromatic rings. The molecule has 0 N–H and O–H groups in total. The number of hydrogen-bond acceptors (Lipinski definition) is 5. The Morgan fingerprint density at radius 3 is 1.77 bits per heavy atom. The van der Waals surface area contributed by atoms with Crippen molar-refractivity contribution in [3.63, 3.8) is 0 Å². The van der Waals surface area contributed by atoms with Crippen LogP contribution in [0.5, 0.6) is 17.2 Å². The van der Waals surface area contributed by atoms with Crippen LogP contribution in [0, 0.1) is 13.8 Å². The molecule has 0 aromatic heterocycles. The van der Waals surface area contributed by atoms with Gasteiger partial charge in [-0.2, -0.15) is 0 Å². The van der Waals surface area contributed by atoms with Crippen molar-refractivity contribution < 1.29 is 23.8 Å². The number of amides is 2. The van der Waals surface area contributed by atoms with Crippen LogP contribution in [-0.2, 0) is 9.59 Å². The van der Waals surface area contributed by atoms with Crippen molar-refractivity contribution >= 4 is 11.8 Å². The molecule has 1 heterocycles. The molecule has 3 rings (SSSR count). The quantitative estimate of drug-likeness (QED) is 0.649. The second kappa shape index (κ2) is 10.7. The summed E-state index contributed by atoms with van der Waals surface area (Å²) in [5.74, 6) is 1.72. The molecule has 1 aliphatic rings. The highest BCUT2D eigenvalue weighted by atomic mass is 16.5. The van der Waals surface area contributed by atoms with E-state index in [1.54, 1.807) is 15.9 Å². The lowest BCUT2D eigenvalue weighted by atomic mass is 10.1. The van der Waals surface area contributed by atoms with Crippen LogP contribution in [0.25, 0.3) is 0 Å². The predicted molar refractivity (Wildman–Crippen MR) is 118 cm³/mol. The van der Waals surface area contributed by atoms with Gasteiger partial charge in [0.15, 0.2) is 24.7 Å². The molecule has 7 heteroatoms. The van der Waals surface area contributed by atoms with E-state index in [2.05, 4.69) is 0 Å². The summed E-state index contributed by atoms with van der Waals surface area (Å²) < 4.78 is 16.9. The van der Waals surface area contributed by atoms with Gasteiger partial charge < -0.3 is 24.0 Å². The van der Waals surface area contributed by atoms with Gasteiger partial charge in [-0.05, 0) is 50.1 Å². The van der Waals surface area contributed by atoms with Crippen molar-refractivity contribution in [2.45, 2.75) is 20.8 Å². The van der Waals surface area contributed by atoms with Gasteiger partial charge in [0.1, 0.15) is 5.75 Å². The van der Waals surface area contributed by atoms with E-state index in [0.717, 1.165) is 16.9 Å². The number of carbonyl (C=O) groups excluding carboxylic acids is 2. The van der Waals surface area contributed by atoms with Crippen molar-refractivity contribution in [1.29, 1.82) is 0 Å². The first kappa shape index (κ1) is 22.5. The van der Waals surface area contributed by atoms with Gasteiger partial charge in [-0.3, -0.25) is 9.59 Å². The highest BCUT2D eigenvalue weighted by Gasteiger charge is 2.25. The molecule has 2 aromatic carbocycles. The van der Waals surface area contributed by atoms with Crippen LogP contribution in [0.4, 0.5) is 0 Å². The molecular weight excluding hydrogens is 396 g/mol. The molecule has 0 saturated carbocycles. The third-order valence-corrected chi connectivity index (χ3v) is 5.39. The molecular formula is C24H30N2O5. The Labute approximate surface area is 183 Å². The fourth-order valence-electron chi connectivity index (χ4n) is 3.39. The average Bonchev–Trinajstić information content (AvgIpc) is 2.79. The van der Waals surface area contributed by atoms with Gasteiger partial charge in [0.05, 0.1) is 6.61 Å². The minimum atomic E-state index is -0.106. The molecule has 0 unspecified atom stereocenters. The number of carbonyl (C=O) groups is 2. The van der Waals surface area contributed by atoms with Crippen molar-refractivity contribution in [3.8, 4) is 17.2 Å². The first-order chi connectivity index (χ1) is 15.0. The monoisotopic (exact) mass is 426 g/mol. The van der Waals surface area contributed by atoms with Crippen molar-refractivity contribution in [2.75, 3.05) is 46.0 Å². The molecule has 31 heavy (non-hydrogen) atoms. The van der Waals surface area contributed by atoms with Crippen LogP contribution in [0.15, 0.2) is 42.5 Å². The lowest BCUT2D eigenvalue weighted by molar-refractivity contribution is -0.141. The third-order valence-electron chi connectivity index (χ3n) is 5.39. The van der Waals surface area contributed by atoms with E-state index in [0.29, 0.717) is 44.3 Å². The second-order valence-corrected chi connectivity index (χ2v) is 7.42. The number of nitrogens with zero attached hydrogens (tertiary/aromatic N) is 2. The number of hydrogen-bond donors (Lipinski definition) is 0. The molecule has 0 atom stereocenters. The molecule has 0 radical (unpaired) electrons. The lowest BCUT2D eigenvalue weighted by Crippen LogP contribution is -2.52. The van der Waals surface area contributed by atoms with Gasteiger partial charge in [-0.1, -0.05) is 24.3 Å². The molecule has 0 spiro atoms. The summed E-state index contributed by atoms with van der Waals surface area (Å²) in [7, 11) is 0. The van der Waals surface area contributed by atoms with Gasteiger partial charge >= 0.3 is 0 Å².